The first-order chi connectivity index (χ1) is 11.5. The van der Waals surface area contributed by atoms with E-state index in [0.717, 1.165) is 12.8 Å². The molecule has 0 bridgehead atoms. The number of rotatable bonds is 4. The summed E-state index contributed by atoms with van der Waals surface area (Å²) in [5.41, 5.74) is 1.83. The van der Waals surface area contributed by atoms with Crippen molar-refractivity contribution in [3.63, 3.8) is 0 Å². The van der Waals surface area contributed by atoms with Crippen LogP contribution in [0.3, 0.4) is 0 Å². The molecular weight excluding hydrogens is 308 g/mol. The Hall–Kier alpha value is -2.60. The van der Waals surface area contributed by atoms with Gasteiger partial charge in [0.05, 0.1) is 5.56 Å². The van der Waals surface area contributed by atoms with Crippen molar-refractivity contribution in [2.24, 2.45) is 0 Å². The van der Waals surface area contributed by atoms with Crippen molar-refractivity contribution in [2.45, 2.75) is 32.8 Å². The maximum Gasteiger partial charge on any atom is 0.259 e. The molecule has 0 radical (unpaired) electrons. The highest BCUT2D eigenvalue weighted by atomic mass is 16.5. The number of carbonyl (C=O) groups excluding carboxylic acids is 2. The van der Waals surface area contributed by atoms with Crippen LogP contribution in [0, 0.1) is 13.8 Å². The lowest BCUT2D eigenvalue weighted by atomic mass is 10.2. The van der Waals surface area contributed by atoms with E-state index in [-0.39, 0.29) is 17.9 Å². The number of benzene rings is 1. The van der Waals surface area contributed by atoms with Crippen LogP contribution < -0.4 is 10.6 Å². The smallest absolute Gasteiger partial charge is 0.259 e. The molecule has 2 N–H and O–H groups in total. The van der Waals surface area contributed by atoms with E-state index in [1.54, 1.807) is 44.2 Å². The fraction of sp³-hybridized carbons (Fsp3) is 0.333. The van der Waals surface area contributed by atoms with Crippen LogP contribution in [-0.4, -0.2) is 24.5 Å². The normalized spacial score (nSPS) is 16.8. The standard InChI is InChI=1S/C18H20N2O4/c1-11-10-15(12(2)24-11)17(21)19-13-5-7-14(8-6-13)20-18(22)16-4-3-9-23-16/h5-8,10,16H,3-4,9H2,1-2H3,(H,19,21)(H,20,22)/t16-/m0/s1. The van der Waals surface area contributed by atoms with Crippen LogP contribution in [0.25, 0.3) is 0 Å². The van der Waals surface area contributed by atoms with E-state index in [2.05, 4.69) is 10.6 Å². The van der Waals surface area contributed by atoms with E-state index < -0.39 is 0 Å². The number of aryl methyl sites for hydroxylation is 2. The van der Waals surface area contributed by atoms with Gasteiger partial charge in [0.2, 0.25) is 0 Å². The second-order valence-electron chi connectivity index (χ2n) is 5.85. The monoisotopic (exact) mass is 328 g/mol. The lowest BCUT2D eigenvalue weighted by Gasteiger charge is -2.11. The molecule has 0 saturated carbocycles. The van der Waals surface area contributed by atoms with Gasteiger partial charge in [-0.05, 0) is 57.0 Å². The molecule has 0 aliphatic carbocycles. The average Bonchev–Trinajstić information content (AvgIpc) is 3.19. The molecule has 1 aliphatic heterocycles. The molecule has 6 heteroatoms. The van der Waals surface area contributed by atoms with Crippen LogP contribution in [0.15, 0.2) is 34.7 Å². The third kappa shape index (κ3) is 3.65. The van der Waals surface area contributed by atoms with Gasteiger partial charge in [-0.2, -0.15) is 0 Å². The zero-order valence-corrected chi connectivity index (χ0v) is 13.7. The summed E-state index contributed by atoms with van der Waals surface area (Å²) in [4.78, 5) is 24.2. The maximum atomic E-state index is 12.2. The molecule has 1 aliphatic rings. The SMILES string of the molecule is Cc1cc(C(=O)Nc2ccc(NC(=O)[C@@H]3CCCO3)cc2)c(C)o1. The fourth-order valence-electron chi connectivity index (χ4n) is 2.70. The molecule has 2 heterocycles. The Labute approximate surface area is 140 Å². The number of amides is 2. The van der Waals surface area contributed by atoms with Gasteiger partial charge < -0.3 is 19.8 Å². The number of hydrogen-bond donors (Lipinski definition) is 2. The summed E-state index contributed by atoms with van der Waals surface area (Å²) < 4.78 is 10.7. The Morgan fingerprint density at radius 1 is 1.08 bits per heavy atom. The first-order valence-corrected chi connectivity index (χ1v) is 7.94. The first-order valence-electron chi connectivity index (χ1n) is 7.94. The van der Waals surface area contributed by atoms with Crippen LogP contribution >= 0.6 is 0 Å². The van der Waals surface area contributed by atoms with Crippen LogP contribution in [0.5, 0.6) is 0 Å². The predicted octanol–water partition coefficient (Wildman–Crippen LogP) is 3.27. The third-order valence-electron chi connectivity index (χ3n) is 3.92. The summed E-state index contributed by atoms with van der Waals surface area (Å²) in [5, 5.41) is 5.63. The van der Waals surface area contributed by atoms with Gasteiger partial charge in [-0.15, -0.1) is 0 Å². The number of anilines is 2. The van der Waals surface area contributed by atoms with Gasteiger partial charge in [0, 0.05) is 18.0 Å². The van der Waals surface area contributed by atoms with Gasteiger partial charge >= 0.3 is 0 Å². The predicted molar refractivity (Wildman–Crippen MR) is 90.2 cm³/mol. The lowest BCUT2D eigenvalue weighted by Crippen LogP contribution is -2.26. The van der Waals surface area contributed by atoms with Crippen molar-refractivity contribution in [1.29, 1.82) is 0 Å². The van der Waals surface area contributed by atoms with Crippen LogP contribution in [-0.2, 0) is 9.53 Å². The van der Waals surface area contributed by atoms with E-state index in [1.807, 2.05) is 0 Å². The highest BCUT2D eigenvalue weighted by Crippen LogP contribution is 2.19. The minimum atomic E-state index is -0.364. The van der Waals surface area contributed by atoms with Crippen molar-refractivity contribution < 1.29 is 18.7 Å². The Morgan fingerprint density at radius 3 is 2.29 bits per heavy atom. The van der Waals surface area contributed by atoms with Gasteiger partial charge in [0.15, 0.2) is 0 Å². The molecule has 2 amide bonds. The van der Waals surface area contributed by atoms with Crippen molar-refractivity contribution in [3.05, 3.63) is 47.4 Å². The Kier molecular flexibility index (Phi) is 4.66. The van der Waals surface area contributed by atoms with E-state index in [4.69, 9.17) is 9.15 Å². The molecule has 3 rings (SSSR count). The summed E-state index contributed by atoms with van der Waals surface area (Å²) >= 11 is 0. The van der Waals surface area contributed by atoms with Crippen LogP contribution in [0.4, 0.5) is 11.4 Å². The Bertz CT molecular complexity index is 743. The minimum absolute atomic E-state index is 0.131. The second-order valence-corrected chi connectivity index (χ2v) is 5.85. The third-order valence-corrected chi connectivity index (χ3v) is 3.92. The maximum absolute atomic E-state index is 12.2. The van der Waals surface area contributed by atoms with Crippen molar-refractivity contribution >= 4 is 23.2 Å². The summed E-state index contributed by atoms with van der Waals surface area (Å²) in [6.07, 6.45) is 1.30. The van der Waals surface area contributed by atoms with Crippen molar-refractivity contribution in [1.82, 2.24) is 0 Å². The summed E-state index contributed by atoms with van der Waals surface area (Å²) in [6, 6.07) is 8.68. The van der Waals surface area contributed by atoms with Gasteiger partial charge in [0.25, 0.3) is 11.8 Å². The Morgan fingerprint density at radius 2 is 1.75 bits per heavy atom. The molecule has 1 aromatic heterocycles. The molecule has 6 nitrogen and oxygen atoms in total. The van der Waals surface area contributed by atoms with Crippen LogP contribution in [0.2, 0.25) is 0 Å². The zero-order valence-electron chi connectivity index (χ0n) is 13.7. The average molecular weight is 328 g/mol. The molecule has 1 fully saturated rings. The molecular formula is C18H20N2O4. The van der Waals surface area contributed by atoms with Crippen LogP contribution in [0.1, 0.15) is 34.7 Å². The van der Waals surface area contributed by atoms with Gasteiger partial charge in [-0.1, -0.05) is 0 Å². The number of carbonyl (C=O) groups is 2. The molecule has 24 heavy (non-hydrogen) atoms. The lowest BCUT2D eigenvalue weighted by molar-refractivity contribution is -0.124. The highest BCUT2D eigenvalue weighted by molar-refractivity contribution is 6.05. The quantitative estimate of drug-likeness (QED) is 0.902. The van der Waals surface area contributed by atoms with Gasteiger partial charge in [0.1, 0.15) is 17.6 Å². The van der Waals surface area contributed by atoms with Gasteiger partial charge in [-0.3, -0.25) is 9.59 Å². The fourth-order valence-corrected chi connectivity index (χ4v) is 2.70. The molecule has 1 saturated heterocycles. The molecule has 0 spiro atoms. The first kappa shape index (κ1) is 16.3. The van der Waals surface area contributed by atoms with Crippen molar-refractivity contribution in [2.75, 3.05) is 17.2 Å². The summed E-state index contributed by atoms with van der Waals surface area (Å²) in [7, 11) is 0. The highest BCUT2D eigenvalue weighted by Gasteiger charge is 2.23. The topological polar surface area (TPSA) is 80.6 Å². The Balaban J connectivity index is 1.61. The number of furan rings is 1. The van der Waals surface area contributed by atoms with Crippen molar-refractivity contribution in [3.8, 4) is 0 Å². The number of nitrogens with one attached hydrogen (secondary N) is 2. The minimum Gasteiger partial charge on any atom is -0.466 e. The molecule has 126 valence electrons. The van der Waals surface area contributed by atoms with E-state index in [9.17, 15) is 9.59 Å². The molecule has 0 unspecified atom stereocenters. The van der Waals surface area contributed by atoms with E-state index in [1.165, 1.54) is 0 Å². The van der Waals surface area contributed by atoms with E-state index >= 15 is 0 Å². The summed E-state index contributed by atoms with van der Waals surface area (Å²) in [5.74, 6) is 0.935. The number of ether oxygens (including phenoxy) is 1. The second kappa shape index (κ2) is 6.88. The molecule has 1 atom stereocenters. The largest absolute Gasteiger partial charge is 0.466 e. The van der Waals surface area contributed by atoms with Gasteiger partial charge in [-0.25, -0.2) is 0 Å². The molecule has 1 aromatic carbocycles. The summed E-state index contributed by atoms with van der Waals surface area (Å²) in [6.45, 7) is 4.19. The zero-order chi connectivity index (χ0) is 17.1. The molecule has 2 aromatic rings. The van der Waals surface area contributed by atoms with E-state index in [0.29, 0.717) is 35.1 Å². The number of hydrogen-bond acceptors (Lipinski definition) is 4.